The van der Waals surface area contributed by atoms with E-state index in [1.165, 1.54) is 71.4 Å². The second kappa shape index (κ2) is 8.28. The lowest BCUT2D eigenvalue weighted by atomic mass is 9.86. The molecular formula is C19H37N3O. The van der Waals surface area contributed by atoms with Crippen LogP contribution in [-0.2, 0) is 4.74 Å². The molecule has 0 saturated carbocycles. The molecule has 4 heterocycles. The van der Waals surface area contributed by atoms with Crippen LogP contribution >= 0.6 is 0 Å². The standard InChI is InChI=1S/C19H37N3O/c1-16(2)22-12-7-18(8-13-22)20(3)9-4-14-23-19-15-21-10-5-17(19)6-11-21/h16-19H,4-15H2,1-3H3. The molecule has 4 aliphatic rings. The van der Waals surface area contributed by atoms with Crippen LogP contribution in [0.15, 0.2) is 0 Å². The zero-order valence-corrected chi connectivity index (χ0v) is 15.5. The van der Waals surface area contributed by atoms with E-state index in [2.05, 4.69) is 35.6 Å². The van der Waals surface area contributed by atoms with Crippen molar-refractivity contribution in [3.8, 4) is 0 Å². The van der Waals surface area contributed by atoms with Crippen molar-refractivity contribution in [2.45, 2.75) is 64.1 Å². The van der Waals surface area contributed by atoms with E-state index in [0.717, 1.165) is 18.6 Å². The molecule has 0 aromatic rings. The summed E-state index contributed by atoms with van der Waals surface area (Å²) in [6, 6.07) is 1.48. The molecule has 0 amide bonds. The zero-order chi connectivity index (χ0) is 16.2. The number of piperidine rings is 4. The molecule has 0 aliphatic carbocycles. The summed E-state index contributed by atoms with van der Waals surface area (Å²) in [7, 11) is 2.31. The highest BCUT2D eigenvalue weighted by molar-refractivity contribution is 4.87. The Labute approximate surface area is 143 Å². The van der Waals surface area contributed by atoms with Gasteiger partial charge in [0.15, 0.2) is 0 Å². The van der Waals surface area contributed by atoms with Gasteiger partial charge in [-0.05, 0) is 85.1 Å². The number of hydrogen-bond donors (Lipinski definition) is 0. The zero-order valence-electron chi connectivity index (χ0n) is 15.5. The average molecular weight is 324 g/mol. The van der Waals surface area contributed by atoms with Gasteiger partial charge in [0, 0.05) is 31.8 Å². The van der Waals surface area contributed by atoms with Crippen LogP contribution in [0.2, 0.25) is 0 Å². The van der Waals surface area contributed by atoms with Gasteiger partial charge in [-0.3, -0.25) is 0 Å². The summed E-state index contributed by atoms with van der Waals surface area (Å²) >= 11 is 0. The van der Waals surface area contributed by atoms with Crippen molar-refractivity contribution >= 4 is 0 Å². The van der Waals surface area contributed by atoms with E-state index in [4.69, 9.17) is 4.74 Å². The first kappa shape index (κ1) is 17.7. The second-order valence-electron chi connectivity index (χ2n) is 8.24. The summed E-state index contributed by atoms with van der Waals surface area (Å²) in [6.45, 7) is 13.1. The van der Waals surface area contributed by atoms with Crippen LogP contribution in [0, 0.1) is 5.92 Å². The monoisotopic (exact) mass is 323 g/mol. The third kappa shape index (κ3) is 4.68. The third-order valence-electron chi connectivity index (χ3n) is 6.44. The summed E-state index contributed by atoms with van der Waals surface area (Å²) in [5, 5.41) is 0. The molecule has 4 nitrogen and oxygen atoms in total. The van der Waals surface area contributed by atoms with Gasteiger partial charge in [-0.15, -0.1) is 0 Å². The fourth-order valence-corrected chi connectivity index (χ4v) is 4.67. The molecule has 4 aliphatic heterocycles. The Hall–Kier alpha value is -0.160. The average Bonchev–Trinajstić information content (AvgIpc) is 2.59. The second-order valence-corrected chi connectivity index (χ2v) is 8.24. The number of nitrogens with zero attached hydrogens (tertiary/aromatic N) is 3. The minimum absolute atomic E-state index is 0.525. The highest BCUT2D eigenvalue weighted by Gasteiger charge is 2.34. The minimum Gasteiger partial charge on any atom is -0.377 e. The van der Waals surface area contributed by atoms with Gasteiger partial charge in [0.05, 0.1) is 6.10 Å². The van der Waals surface area contributed by atoms with Crippen molar-refractivity contribution in [1.82, 2.24) is 14.7 Å². The molecule has 4 saturated heterocycles. The van der Waals surface area contributed by atoms with Gasteiger partial charge >= 0.3 is 0 Å². The Morgan fingerprint density at radius 2 is 1.74 bits per heavy atom. The van der Waals surface area contributed by atoms with Crippen LogP contribution < -0.4 is 0 Å². The predicted molar refractivity (Wildman–Crippen MR) is 95.9 cm³/mol. The molecule has 0 spiro atoms. The summed E-state index contributed by atoms with van der Waals surface area (Å²) < 4.78 is 6.23. The van der Waals surface area contributed by atoms with Crippen LogP contribution in [0.4, 0.5) is 0 Å². The van der Waals surface area contributed by atoms with Gasteiger partial charge in [0.25, 0.3) is 0 Å². The first-order chi connectivity index (χ1) is 11.1. The predicted octanol–water partition coefficient (Wildman–Crippen LogP) is 2.29. The Morgan fingerprint density at radius 3 is 2.30 bits per heavy atom. The number of likely N-dealkylation sites (tertiary alicyclic amines) is 1. The van der Waals surface area contributed by atoms with Crippen molar-refractivity contribution in [2.24, 2.45) is 5.92 Å². The summed E-state index contributed by atoms with van der Waals surface area (Å²) in [6.07, 6.45) is 7.09. The topological polar surface area (TPSA) is 19.0 Å². The Balaban J connectivity index is 1.29. The fraction of sp³-hybridized carbons (Fsp3) is 1.00. The number of ether oxygens (including phenoxy) is 1. The number of rotatable bonds is 7. The highest BCUT2D eigenvalue weighted by atomic mass is 16.5. The molecule has 4 rings (SSSR count). The van der Waals surface area contributed by atoms with Gasteiger partial charge in [0.2, 0.25) is 0 Å². The quantitative estimate of drug-likeness (QED) is 0.669. The molecule has 134 valence electrons. The molecule has 23 heavy (non-hydrogen) atoms. The van der Waals surface area contributed by atoms with Crippen LogP contribution in [0.1, 0.15) is 46.0 Å². The summed E-state index contributed by atoms with van der Waals surface area (Å²) in [5.41, 5.74) is 0. The van der Waals surface area contributed by atoms with Gasteiger partial charge < -0.3 is 19.4 Å². The third-order valence-corrected chi connectivity index (χ3v) is 6.44. The van der Waals surface area contributed by atoms with Crippen molar-refractivity contribution in [3.63, 3.8) is 0 Å². The lowest BCUT2D eigenvalue weighted by Crippen LogP contribution is -2.51. The van der Waals surface area contributed by atoms with E-state index in [-0.39, 0.29) is 0 Å². The van der Waals surface area contributed by atoms with E-state index in [9.17, 15) is 0 Å². The van der Waals surface area contributed by atoms with Crippen LogP contribution in [0.25, 0.3) is 0 Å². The Bertz CT molecular complexity index is 347. The van der Waals surface area contributed by atoms with Crippen LogP contribution in [-0.4, -0.2) is 85.8 Å². The normalized spacial score (nSPS) is 33.0. The molecule has 0 N–H and O–H groups in total. The highest BCUT2D eigenvalue weighted by Crippen LogP contribution is 2.29. The molecule has 0 radical (unpaired) electrons. The summed E-state index contributed by atoms with van der Waals surface area (Å²) in [4.78, 5) is 7.78. The maximum Gasteiger partial charge on any atom is 0.0731 e. The van der Waals surface area contributed by atoms with E-state index in [0.29, 0.717) is 12.1 Å². The molecule has 0 aromatic heterocycles. The van der Waals surface area contributed by atoms with Gasteiger partial charge in [-0.1, -0.05) is 0 Å². The van der Waals surface area contributed by atoms with Crippen molar-refractivity contribution in [1.29, 1.82) is 0 Å². The van der Waals surface area contributed by atoms with Crippen molar-refractivity contribution in [2.75, 3.05) is 52.9 Å². The van der Waals surface area contributed by atoms with E-state index in [1.54, 1.807) is 0 Å². The minimum atomic E-state index is 0.525. The maximum atomic E-state index is 6.23. The smallest absolute Gasteiger partial charge is 0.0731 e. The van der Waals surface area contributed by atoms with E-state index >= 15 is 0 Å². The Morgan fingerprint density at radius 1 is 1.04 bits per heavy atom. The number of hydrogen-bond acceptors (Lipinski definition) is 4. The molecule has 1 atom stereocenters. The summed E-state index contributed by atoms with van der Waals surface area (Å²) in [5.74, 6) is 0.845. The SMILES string of the molecule is CC(C)N1CCC(N(C)CCCOC2CN3CCC2CC3)CC1. The van der Waals surface area contributed by atoms with E-state index < -0.39 is 0 Å². The molecule has 4 heteroatoms. The molecule has 4 fully saturated rings. The number of fused-ring (bicyclic) bond motifs is 3. The van der Waals surface area contributed by atoms with E-state index in [1.807, 2.05) is 0 Å². The Kier molecular flexibility index (Phi) is 6.36. The maximum absolute atomic E-state index is 6.23. The first-order valence-corrected chi connectivity index (χ1v) is 9.91. The van der Waals surface area contributed by atoms with Crippen molar-refractivity contribution < 1.29 is 4.74 Å². The molecule has 0 aromatic carbocycles. The van der Waals surface area contributed by atoms with Gasteiger partial charge in [0.1, 0.15) is 0 Å². The molecule has 2 bridgehead atoms. The largest absolute Gasteiger partial charge is 0.377 e. The lowest BCUT2D eigenvalue weighted by Gasteiger charge is -2.44. The molecule has 1 unspecified atom stereocenters. The van der Waals surface area contributed by atoms with Gasteiger partial charge in [-0.25, -0.2) is 0 Å². The van der Waals surface area contributed by atoms with Crippen molar-refractivity contribution in [3.05, 3.63) is 0 Å². The lowest BCUT2D eigenvalue weighted by molar-refractivity contribution is -0.0712. The first-order valence-electron chi connectivity index (χ1n) is 9.91. The van der Waals surface area contributed by atoms with Crippen LogP contribution in [0.3, 0.4) is 0 Å². The van der Waals surface area contributed by atoms with Crippen LogP contribution in [0.5, 0.6) is 0 Å². The van der Waals surface area contributed by atoms with Gasteiger partial charge in [-0.2, -0.15) is 0 Å². The molecular weight excluding hydrogens is 286 g/mol. The fourth-order valence-electron chi connectivity index (χ4n) is 4.67.